The summed E-state index contributed by atoms with van der Waals surface area (Å²) in [6.45, 7) is 1.84. The molecule has 0 bridgehead atoms. The van der Waals surface area contributed by atoms with Crippen molar-refractivity contribution in [2.24, 2.45) is 0 Å². The standard InChI is InChI=1S/C17H18FNO2/c1-12(14-3-2-4-15(18)11-14)17(21)19-16-7-5-13(6-8-16)9-10-20/h2-8,11-12,20H,9-10H2,1H3,(H,19,21). The monoisotopic (exact) mass is 287 g/mol. The van der Waals surface area contributed by atoms with Crippen LogP contribution in [0, 0.1) is 5.82 Å². The van der Waals surface area contributed by atoms with E-state index in [1.807, 2.05) is 12.1 Å². The summed E-state index contributed by atoms with van der Waals surface area (Å²) in [5.74, 6) is -0.964. The number of aliphatic hydroxyl groups is 1. The lowest BCUT2D eigenvalue weighted by molar-refractivity contribution is -0.117. The maximum absolute atomic E-state index is 13.2. The van der Waals surface area contributed by atoms with Gasteiger partial charge in [0.1, 0.15) is 5.82 Å². The lowest BCUT2D eigenvalue weighted by atomic mass is 10.00. The third-order valence-electron chi connectivity index (χ3n) is 3.36. The van der Waals surface area contributed by atoms with Crippen LogP contribution in [0.25, 0.3) is 0 Å². The fourth-order valence-electron chi connectivity index (χ4n) is 2.06. The normalized spacial score (nSPS) is 12.0. The Bertz CT molecular complexity index is 610. The zero-order valence-electron chi connectivity index (χ0n) is 11.8. The van der Waals surface area contributed by atoms with Crippen molar-refractivity contribution >= 4 is 11.6 Å². The van der Waals surface area contributed by atoms with E-state index in [4.69, 9.17) is 5.11 Å². The second kappa shape index (κ2) is 6.99. The Morgan fingerprint density at radius 3 is 2.57 bits per heavy atom. The summed E-state index contributed by atoms with van der Waals surface area (Å²) < 4.78 is 13.2. The largest absolute Gasteiger partial charge is 0.396 e. The molecule has 0 heterocycles. The van der Waals surface area contributed by atoms with Gasteiger partial charge in [-0.15, -0.1) is 0 Å². The quantitative estimate of drug-likeness (QED) is 0.887. The van der Waals surface area contributed by atoms with Gasteiger partial charge in [0, 0.05) is 12.3 Å². The van der Waals surface area contributed by atoms with Gasteiger partial charge in [-0.3, -0.25) is 4.79 Å². The third-order valence-corrected chi connectivity index (χ3v) is 3.36. The highest BCUT2D eigenvalue weighted by molar-refractivity contribution is 5.95. The number of nitrogens with one attached hydrogen (secondary N) is 1. The Morgan fingerprint density at radius 2 is 1.95 bits per heavy atom. The molecule has 3 nitrogen and oxygen atoms in total. The summed E-state index contributed by atoms with van der Waals surface area (Å²) in [6, 6.07) is 13.4. The second-order valence-corrected chi connectivity index (χ2v) is 4.94. The molecule has 1 unspecified atom stereocenters. The van der Waals surface area contributed by atoms with E-state index < -0.39 is 5.92 Å². The maximum atomic E-state index is 13.2. The molecule has 0 fully saturated rings. The number of rotatable bonds is 5. The van der Waals surface area contributed by atoms with E-state index in [0.29, 0.717) is 17.7 Å². The Balaban J connectivity index is 2.03. The van der Waals surface area contributed by atoms with Gasteiger partial charge in [0.25, 0.3) is 0 Å². The molecule has 21 heavy (non-hydrogen) atoms. The molecule has 0 aliphatic rings. The van der Waals surface area contributed by atoms with Crippen molar-refractivity contribution in [3.8, 4) is 0 Å². The first kappa shape index (κ1) is 15.2. The zero-order valence-corrected chi connectivity index (χ0v) is 11.8. The van der Waals surface area contributed by atoms with Crippen LogP contribution in [0.3, 0.4) is 0 Å². The van der Waals surface area contributed by atoms with Crippen LogP contribution in [0.4, 0.5) is 10.1 Å². The van der Waals surface area contributed by atoms with Gasteiger partial charge in [-0.2, -0.15) is 0 Å². The van der Waals surface area contributed by atoms with E-state index in [-0.39, 0.29) is 18.3 Å². The summed E-state index contributed by atoms with van der Waals surface area (Å²) in [7, 11) is 0. The van der Waals surface area contributed by atoms with Crippen LogP contribution in [-0.2, 0) is 11.2 Å². The molecule has 1 atom stereocenters. The number of hydrogen-bond donors (Lipinski definition) is 2. The molecule has 0 saturated heterocycles. The summed E-state index contributed by atoms with van der Waals surface area (Å²) in [5.41, 5.74) is 2.34. The SMILES string of the molecule is CC(C(=O)Nc1ccc(CCO)cc1)c1cccc(F)c1. The number of aliphatic hydroxyl groups excluding tert-OH is 1. The van der Waals surface area contributed by atoms with E-state index in [1.165, 1.54) is 12.1 Å². The van der Waals surface area contributed by atoms with Gasteiger partial charge in [-0.05, 0) is 48.7 Å². The van der Waals surface area contributed by atoms with Crippen molar-refractivity contribution in [1.82, 2.24) is 0 Å². The highest BCUT2D eigenvalue weighted by Crippen LogP contribution is 2.19. The number of benzene rings is 2. The number of halogens is 1. The summed E-state index contributed by atoms with van der Waals surface area (Å²) in [5, 5.41) is 11.7. The molecule has 0 spiro atoms. The minimum Gasteiger partial charge on any atom is -0.396 e. The zero-order chi connectivity index (χ0) is 15.2. The van der Waals surface area contributed by atoms with Gasteiger partial charge in [0.05, 0.1) is 5.92 Å². The average Bonchev–Trinajstić information content (AvgIpc) is 2.48. The van der Waals surface area contributed by atoms with Crippen molar-refractivity contribution in [3.63, 3.8) is 0 Å². The first-order valence-electron chi connectivity index (χ1n) is 6.86. The molecule has 0 radical (unpaired) electrons. The molecule has 2 aromatic rings. The second-order valence-electron chi connectivity index (χ2n) is 4.94. The predicted molar refractivity (Wildman–Crippen MR) is 80.7 cm³/mol. The van der Waals surface area contributed by atoms with E-state index in [9.17, 15) is 9.18 Å². The Hall–Kier alpha value is -2.20. The van der Waals surface area contributed by atoms with E-state index in [0.717, 1.165) is 5.56 Å². The highest BCUT2D eigenvalue weighted by Gasteiger charge is 2.15. The van der Waals surface area contributed by atoms with Gasteiger partial charge < -0.3 is 10.4 Å². The van der Waals surface area contributed by atoms with Gasteiger partial charge >= 0.3 is 0 Å². The van der Waals surface area contributed by atoms with E-state index in [1.54, 1.807) is 31.2 Å². The fourth-order valence-corrected chi connectivity index (χ4v) is 2.06. The molecule has 4 heteroatoms. The van der Waals surface area contributed by atoms with Crippen molar-refractivity contribution in [1.29, 1.82) is 0 Å². The lowest BCUT2D eigenvalue weighted by Crippen LogP contribution is -2.18. The van der Waals surface area contributed by atoms with E-state index >= 15 is 0 Å². The molecule has 0 aliphatic heterocycles. The molecule has 110 valence electrons. The summed E-state index contributed by atoms with van der Waals surface area (Å²) >= 11 is 0. The van der Waals surface area contributed by atoms with Crippen molar-refractivity contribution in [3.05, 3.63) is 65.5 Å². The molecule has 0 aliphatic carbocycles. The van der Waals surface area contributed by atoms with Crippen molar-refractivity contribution in [2.75, 3.05) is 11.9 Å². The van der Waals surface area contributed by atoms with Crippen LogP contribution in [0.2, 0.25) is 0 Å². The first-order chi connectivity index (χ1) is 10.1. The molecular weight excluding hydrogens is 269 g/mol. The number of hydrogen-bond acceptors (Lipinski definition) is 2. The average molecular weight is 287 g/mol. The van der Waals surface area contributed by atoms with Crippen LogP contribution < -0.4 is 5.32 Å². The number of carbonyl (C=O) groups excluding carboxylic acids is 1. The predicted octanol–water partition coefficient (Wildman–Crippen LogP) is 3.10. The van der Waals surface area contributed by atoms with Crippen LogP contribution in [-0.4, -0.2) is 17.6 Å². The topological polar surface area (TPSA) is 49.3 Å². The van der Waals surface area contributed by atoms with Gasteiger partial charge in [-0.25, -0.2) is 4.39 Å². The van der Waals surface area contributed by atoms with Crippen molar-refractivity contribution in [2.45, 2.75) is 19.3 Å². The number of carbonyl (C=O) groups is 1. The fraction of sp³-hybridized carbons (Fsp3) is 0.235. The Kier molecular flexibility index (Phi) is 5.06. The van der Waals surface area contributed by atoms with Crippen LogP contribution in [0.5, 0.6) is 0 Å². The molecule has 0 saturated carbocycles. The molecule has 2 aromatic carbocycles. The molecular formula is C17H18FNO2. The van der Waals surface area contributed by atoms with E-state index in [2.05, 4.69) is 5.32 Å². The summed E-state index contributed by atoms with van der Waals surface area (Å²) in [6.07, 6.45) is 0.591. The van der Waals surface area contributed by atoms with Gasteiger partial charge in [0.2, 0.25) is 5.91 Å². The van der Waals surface area contributed by atoms with Gasteiger partial charge in [0.15, 0.2) is 0 Å². The summed E-state index contributed by atoms with van der Waals surface area (Å²) in [4.78, 5) is 12.2. The Labute approximate surface area is 123 Å². The first-order valence-corrected chi connectivity index (χ1v) is 6.86. The van der Waals surface area contributed by atoms with Crippen molar-refractivity contribution < 1.29 is 14.3 Å². The van der Waals surface area contributed by atoms with Gasteiger partial charge in [-0.1, -0.05) is 24.3 Å². The number of amides is 1. The van der Waals surface area contributed by atoms with Crippen LogP contribution in [0.1, 0.15) is 24.0 Å². The minimum absolute atomic E-state index is 0.0995. The molecule has 2 N–H and O–H groups in total. The molecule has 0 aromatic heterocycles. The smallest absolute Gasteiger partial charge is 0.231 e. The third kappa shape index (κ3) is 4.13. The highest BCUT2D eigenvalue weighted by atomic mass is 19.1. The minimum atomic E-state index is -0.433. The van der Waals surface area contributed by atoms with Crippen LogP contribution in [0.15, 0.2) is 48.5 Å². The van der Waals surface area contributed by atoms with Crippen LogP contribution >= 0.6 is 0 Å². The number of anilines is 1. The lowest BCUT2D eigenvalue weighted by Gasteiger charge is -2.13. The maximum Gasteiger partial charge on any atom is 0.231 e. The Morgan fingerprint density at radius 1 is 1.24 bits per heavy atom. The molecule has 1 amide bonds. The molecule has 2 rings (SSSR count).